The van der Waals surface area contributed by atoms with Crippen molar-refractivity contribution in [2.75, 3.05) is 39.6 Å². The van der Waals surface area contributed by atoms with Crippen molar-refractivity contribution in [3.8, 4) is 16.9 Å². The van der Waals surface area contributed by atoms with E-state index in [1.165, 1.54) is 0 Å². The average Bonchev–Trinajstić information content (AvgIpc) is 3.34. The number of hydrogen-bond acceptors (Lipinski definition) is 7. The number of hydrazine groups is 1. The van der Waals surface area contributed by atoms with Crippen molar-refractivity contribution < 1.29 is 14.3 Å². The van der Waals surface area contributed by atoms with Gasteiger partial charge in [0.2, 0.25) is 11.8 Å². The van der Waals surface area contributed by atoms with Gasteiger partial charge in [0, 0.05) is 43.6 Å². The van der Waals surface area contributed by atoms with Gasteiger partial charge >= 0.3 is 0 Å². The number of amidine groups is 1. The fourth-order valence-electron chi connectivity index (χ4n) is 5.14. The quantitative estimate of drug-likeness (QED) is 0.319. The number of nitrogens with zero attached hydrogens (tertiary/aromatic N) is 5. The molecule has 0 spiro atoms. The van der Waals surface area contributed by atoms with Crippen LogP contribution in [0.25, 0.3) is 11.1 Å². The van der Waals surface area contributed by atoms with Crippen molar-refractivity contribution in [3.63, 3.8) is 0 Å². The van der Waals surface area contributed by atoms with Gasteiger partial charge in [-0.3, -0.25) is 19.3 Å². The zero-order chi connectivity index (χ0) is 30.2. The maximum absolute atomic E-state index is 14.2. The van der Waals surface area contributed by atoms with Crippen LogP contribution >= 0.6 is 11.6 Å². The molecule has 0 bridgehead atoms. The van der Waals surface area contributed by atoms with Crippen molar-refractivity contribution in [2.24, 2.45) is 18.0 Å². The van der Waals surface area contributed by atoms with Crippen LogP contribution in [0.2, 0.25) is 5.02 Å². The summed E-state index contributed by atoms with van der Waals surface area (Å²) in [5.41, 5.74) is 6.60. The van der Waals surface area contributed by atoms with Gasteiger partial charge in [-0.15, -0.1) is 0 Å². The van der Waals surface area contributed by atoms with Gasteiger partial charge in [0.05, 0.1) is 32.3 Å². The number of carbonyl (C=O) groups is 2. The molecule has 2 N–H and O–H groups in total. The van der Waals surface area contributed by atoms with E-state index in [0.29, 0.717) is 35.1 Å². The standard InChI is InChI=1S/C31H40ClN7O3/c1-6-7-11-27(30(40)35-26-10-8-9-21(16-26)24-18-34-38(4)19-24)39-20-29(36-37(2)3)33-17-23(31(39)41)14-22-15-25(32)12-13-28(22)42-5/h8-10,12-13,15-16,18-19,23,27H,6-7,11,14,17,20H2,1-5H3,(H,33,36)(H,35,40)/t23-,27-/m1/s1. The number of rotatable bonds is 11. The molecule has 0 aliphatic carbocycles. The Morgan fingerprint density at radius 1 is 1.21 bits per heavy atom. The number of methoxy groups -OCH3 is 1. The lowest BCUT2D eigenvalue weighted by Crippen LogP contribution is -2.53. The van der Waals surface area contributed by atoms with Gasteiger partial charge in [0.15, 0.2) is 0 Å². The van der Waals surface area contributed by atoms with Crippen molar-refractivity contribution in [3.05, 3.63) is 65.4 Å². The molecule has 2 amide bonds. The zero-order valence-corrected chi connectivity index (χ0v) is 25.7. The number of amides is 2. The first-order valence-corrected chi connectivity index (χ1v) is 14.6. The molecule has 2 atom stereocenters. The molecule has 0 radical (unpaired) electrons. The number of hydrogen-bond donors (Lipinski definition) is 2. The van der Waals surface area contributed by atoms with Crippen LogP contribution in [0, 0.1) is 5.92 Å². The highest BCUT2D eigenvalue weighted by atomic mass is 35.5. The van der Waals surface area contributed by atoms with Gasteiger partial charge in [0.1, 0.15) is 17.6 Å². The second kappa shape index (κ2) is 14.3. The van der Waals surface area contributed by atoms with E-state index in [-0.39, 0.29) is 24.9 Å². The van der Waals surface area contributed by atoms with Gasteiger partial charge in [-0.25, -0.2) is 5.01 Å². The molecule has 1 aliphatic rings. The molecule has 2 aromatic carbocycles. The molecule has 0 saturated carbocycles. The number of nitrogens with one attached hydrogen (secondary N) is 2. The second-order valence-electron chi connectivity index (χ2n) is 10.7. The number of unbranched alkanes of at least 4 members (excludes halogenated alkanes) is 1. The molecule has 1 aromatic heterocycles. The van der Waals surface area contributed by atoms with Crippen molar-refractivity contribution >= 4 is 34.9 Å². The summed E-state index contributed by atoms with van der Waals surface area (Å²) < 4.78 is 7.29. The van der Waals surface area contributed by atoms with Gasteiger partial charge in [-0.2, -0.15) is 5.10 Å². The normalized spacial score (nSPS) is 16.2. The monoisotopic (exact) mass is 593 g/mol. The first kappa shape index (κ1) is 31.1. The number of aliphatic imine (C=N–C) groups is 1. The Bertz CT molecular complexity index is 1420. The van der Waals surface area contributed by atoms with Crippen LogP contribution in [0.4, 0.5) is 5.69 Å². The number of aromatic nitrogens is 2. The molecule has 3 aromatic rings. The molecular formula is C31H40ClN7O3. The Labute approximate surface area is 252 Å². The van der Waals surface area contributed by atoms with E-state index in [0.717, 1.165) is 29.5 Å². The lowest BCUT2D eigenvalue weighted by Gasteiger charge is -2.33. The van der Waals surface area contributed by atoms with Crippen LogP contribution in [-0.4, -0.2) is 77.7 Å². The van der Waals surface area contributed by atoms with Crippen LogP contribution in [0.1, 0.15) is 31.7 Å². The molecule has 42 heavy (non-hydrogen) atoms. The van der Waals surface area contributed by atoms with Crippen LogP contribution < -0.4 is 15.5 Å². The minimum absolute atomic E-state index is 0.128. The van der Waals surface area contributed by atoms with Crippen molar-refractivity contribution in [2.45, 2.75) is 38.6 Å². The lowest BCUT2D eigenvalue weighted by molar-refractivity contribution is -0.141. The third-order valence-electron chi connectivity index (χ3n) is 7.19. The Kier molecular flexibility index (Phi) is 10.6. The van der Waals surface area contributed by atoms with E-state index in [9.17, 15) is 9.59 Å². The van der Waals surface area contributed by atoms with Crippen LogP contribution in [0.15, 0.2) is 59.9 Å². The van der Waals surface area contributed by atoms with E-state index < -0.39 is 12.0 Å². The lowest BCUT2D eigenvalue weighted by atomic mass is 9.96. The third kappa shape index (κ3) is 7.89. The Balaban J connectivity index is 1.64. The molecule has 0 fully saturated rings. The number of anilines is 1. The van der Waals surface area contributed by atoms with Crippen molar-refractivity contribution in [1.82, 2.24) is 25.1 Å². The molecule has 224 valence electrons. The highest BCUT2D eigenvalue weighted by Gasteiger charge is 2.36. The van der Waals surface area contributed by atoms with E-state index in [2.05, 4.69) is 22.8 Å². The molecule has 1 aliphatic heterocycles. The molecule has 0 unspecified atom stereocenters. The zero-order valence-electron chi connectivity index (χ0n) is 24.9. The summed E-state index contributed by atoms with van der Waals surface area (Å²) >= 11 is 6.30. The Morgan fingerprint density at radius 2 is 2.02 bits per heavy atom. The summed E-state index contributed by atoms with van der Waals surface area (Å²) in [5.74, 6) is 0.431. The predicted molar refractivity (Wildman–Crippen MR) is 167 cm³/mol. The van der Waals surface area contributed by atoms with Crippen LogP contribution in [0.3, 0.4) is 0 Å². The summed E-state index contributed by atoms with van der Waals surface area (Å²) in [6, 6.07) is 12.4. The van der Waals surface area contributed by atoms with Crippen LogP contribution in [-0.2, 0) is 23.1 Å². The molecule has 11 heteroatoms. The highest BCUT2D eigenvalue weighted by molar-refractivity contribution is 6.30. The summed E-state index contributed by atoms with van der Waals surface area (Å²) in [4.78, 5) is 34.6. The Morgan fingerprint density at radius 3 is 2.71 bits per heavy atom. The summed E-state index contributed by atoms with van der Waals surface area (Å²) in [7, 11) is 7.19. The van der Waals surface area contributed by atoms with E-state index >= 15 is 0 Å². The summed E-state index contributed by atoms with van der Waals surface area (Å²) in [5, 5.41) is 9.69. The maximum atomic E-state index is 14.2. The number of benzene rings is 2. The van der Waals surface area contributed by atoms with E-state index in [1.807, 2.05) is 57.7 Å². The number of halogens is 1. The SMILES string of the molecule is CCCC[C@H](C(=O)Nc1cccc(-c2cnn(C)c2)c1)N1CC(NN(C)C)=NC[C@@H](Cc2cc(Cl)ccc2OC)C1=O. The molecule has 2 heterocycles. The van der Waals surface area contributed by atoms with Gasteiger partial charge in [0.25, 0.3) is 0 Å². The third-order valence-corrected chi connectivity index (χ3v) is 7.43. The number of ether oxygens (including phenoxy) is 1. The van der Waals surface area contributed by atoms with Crippen LogP contribution in [0.5, 0.6) is 5.75 Å². The van der Waals surface area contributed by atoms with Crippen molar-refractivity contribution in [1.29, 1.82) is 0 Å². The maximum Gasteiger partial charge on any atom is 0.247 e. The second-order valence-corrected chi connectivity index (χ2v) is 11.2. The van der Waals surface area contributed by atoms with E-state index in [4.69, 9.17) is 21.3 Å². The molecular weight excluding hydrogens is 554 g/mol. The predicted octanol–water partition coefficient (Wildman–Crippen LogP) is 4.41. The molecule has 10 nitrogen and oxygen atoms in total. The first-order chi connectivity index (χ1) is 20.2. The number of aryl methyl sites for hydroxylation is 1. The minimum atomic E-state index is -0.685. The first-order valence-electron chi connectivity index (χ1n) is 14.2. The fourth-order valence-corrected chi connectivity index (χ4v) is 5.33. The highest BCUT2D eigenvalue weighted by Crippen LogP contribution is 2.28. The number of carbonyl (C=O) groups excluding carboxylic acids is 2. The topological polar surface area (TPSA) is 104 Å². The molecule has 0 saturated heterocycles. The van der Waals surface area contributed by atoms with Gasteiger partial charge in [-0.05, 0) is 54.3 Å². The fraction of sp³-hybridized carbons (Fsp3) is 0.419. The average molecular weight is 594 g/mol. The Hall–Kier alpha value is -3.89. The summed E-state index contributed by atoms with van der Waals surface area (Å²) in [6.07, 6.45) is 6.30. The van der Waals surface area contributed by atoms with Gasteiger partial charge in [-0.1, -0.05) is 43.5 Å². The molecule has 4 rings (SSSR count). The largest absolute Gasteiger partial charge is 0.496 e. The summed E-state index contributed by atoms with van der Waals surface area (Å²) in [6.45, 7) is 2.54. The van der Waals surface area contributed by atoms with Gasteiger partial charge < -0.3 is 20.4 Å². The minimum Gasteiger partial charge on any atom is -0.496 e. The smallest absolute Gasteiger partial charge is 0.247 e. The van der Waals surface area contributed by atoms with E-state index in [1.54, 1.807) is 40.0 Å².